The predicted molar refractivity (Wildman–Crippen MR) is 70.8 cm³/mol. The van der Waals surface area contributed by atoms with Gasteiger partial charge in [-0.2, -0.15) is 0 Å². The fourth-order valence-corrected chi connectivity index (χ4v) is 4.34. The normalized spacial score (nSPS) is 19.4. The zero-order valence-electron chi connectivity index (χ0n) is 10.4. The molecule has 0 unspecified atom stereocenters. The minimum absolute atomic E-state index is 0.0502. The number of para-hydroxylation sites is 1. The Morgan fingerprint density at radius 2 is 2.06 bits per heavy atom. The third-order valence-corrected chi connectivity index (χ3v) is 5.16. The van der Waals surface area contributed by atoms with Gasteiger partial charge in [0.1, 0.15) is 0 Å². The smallest absolute Gasteiger partial charge is 0.235 e. The molecule has 0 aromatic heterocycles. The van der Waals surface area contributed by atoms with Crippen molar-refractivity contribution < 1.29 is 8.42 Å². The van der Waals surface area contributed by atoms with E-state index in [4.69, 9.17) is 0 Å². The van der Waals surface area contributed by atoms with Crippen LogP contribution in [0.1, 0.15) is 32.3 Å². The minimum atomic E-state index is -3.15. The van der Waals surface area contributed by atoms with Gasteiger partial charge >= 0.3 is 0 Å². The highest BCUT2D eigenvalue weighted by molar-refractivity contribution is 7.92. The van der Waals surface area contributed by atoms with Gasteiger partial charge in [0.2, 0.25) is 10.0 Å². The highest BCUT2D eigenvalue weighted by atomic mass is 32.2. The van der Waals surface area contributed by atoms with Crippen molar-refractivity contribution in [3.8, 4) is 0 Å². The van der Waals surface area contributed by atoms with Crippen molar-refractivity contribution in [2.45, 2.75) is 39.2 Å². The number of fused-ring (bicyclic) bond motifs is 1. The first-order valence-electron chi connectivity index (χ1n) is 6.16. The Balaban J connectivity index is 2.33. The van der Waals surface area contributed by atoms with Crippen molar-refractivity contribution in [3.63, 3.8) is 0 Å². The van der Waals surface area contributed by atoms with E-state index in [9.17, 15) is 8.42 Å². The van der Waals surface area contributed by atoms with Gasteiger partial charge in [0, 0.05) is 6.04 Å². The molecule has 2 rings (SSSR count). The van der Waals surface area contributed by atoms with Crippen molar-refractivity contribution in [2.75, 3.05) is 10.1 Å². The van der Waals surface area contributed by atoms with Crippen LogP contribution in [0.2, 0.25) is 0 Å². The Kier molecular flexibility index (Phi) is 3.43. The second-order valence-corrected chi connectivity index (χ2v) is 6.61. The number of anilines is 1. The number of hydrogen-bond donors (Lipinski definition) is 0. The van der Waals surface area contributed by atoms with Crippen LogP contribution in [0.4, 0.5) is 5.69 Å². The Morgan fingerprint density at radius 3 is 2.76 bits per heavy atom. The zero-order chi connectivity index (χ0) is 12.5. The van der Waals surface area contributed by atoms with E-state index in [0.29, 0.717) is 0 Å². The molecule has 1 aromatic rings. The van der Waals surface area contributed by atoms with Crippen molar-refractivity contribution >= 4 is 15.7 Å². The summed E-state index contributed by atoms with van der Waals surface area (Å²) in [7, 11) is -3.15. The quantitative estimate of drug-likeness (QED) is 0.827. The molecule has 0 saturated carbocycles. The maximum atomic E-state index is 12.3. The standard InChI is InChI=1S/C13H19NO2S/c1-3-4-9-17(15,16)14-11(2)10-12-7-5-6-8-13(12)14/h5-8,11H,3-4,9-10H2,1-2H3/t11-/m0/s1. The molecule has 1 aliphatic rings. The predicted octanol–water partition coefficient (Wildman–Crippen LogP) is 2.57. The second-order valence-electron chi connectivity index (χ2n) is 4.65. The summed E-state index contributed by atoms with van der Waals surface area (Å²) in [6, 6.07) is 7.84. The number of rotatable bonds is 4. The molecule has 0 spiro atoms. The average Bonchev–Trinajstić information content (AvgIpc) is 2.63. The topological polar surface area (TPSA) is 37.4 Å². The van der Waals surface area contributed by atoms with E-state index in [-0.39, 0.29) is 11.8 Å². The maximum Gasteiger partial charge on any atom is 0.235 e. The SMILES string of the molecule is CCCCS(=O)(=O)N1c2ccccc2C[C@@H]1C. The Labute approximate surface area is 104 Å². The first-order chi connectivity index (χ1) is 8.06. The van der Waals surface area contributed by atoms with Gasteiger partial charge in [0.25, 0.3) is 0 Å². The monoisotopic (exact) mass is 253 g/mol. The van der Waals surface area contributed by atoms with Crippen LogP contribution in [-0.4, -0.2) is 20.2 Å². The van der Waals surface area contributed by atoms with E-state index < -0.39 is 10.0 Å². The lowest BCUT2D eigenvalue weighted by molar-refractivity contribution is 0.581. The van der Waals surface area contributed by atoms with Gasteiger partial charge in [-0.1, -0.05) is 31.5 Å². The molecule has 1 aliphatic heterocycles. The molecule has 0 saturated heterocycles. The summed E-state index contributed by atoms with van der Waals surface area (Å²) in [5, 5.41) is 0. The molecule has 0 radical (unpaired) electrons. The molecule has 0 aliphatic carbocycles. The van der Waals surface area contributed by atoms with Gasteiger partial charge in [-0.15, -0.1) is 0 Å². The largest absolute Gasteiger partial charge is 0.267 e. The fraction of sp³-hybridized carbons (Fsp3) is 0.538. The Hall–Kier alpha value is -1.03. The number of unbranched alkanes of at least 4 members (excludes halogenated alkanes) is 1. The first-order valence-corrected chi connectivity index (χ1v) is 7.77. The Bertz CT molecular complexity index is 496. The lowest BCUT2D eigenvalue weighted by Crippen LogP contribution is -2.37. The Morgan fingerprint density at radius 1 is 1.35 bits per heavy atom. The van der Waals surface area contributed by atoms with Crippen LogP contribution < -0.4 is 4.31 Å². The van der Waals surface area contributed by atoms with Gasteiger partial charge in [-0.05, 0) is 31.4 Å². The summed E-state index contributed by atoms with van der Waals surface area (Å²) in [5.41, 5.74) is 2.01. The molecule has 0 N–H and O–H groups in total. The molecule has 0 bridgehead atoms. The highest BCUT2D eigenvalue weighted by Crippen LogP contribution is 2.34. The lowest BCUT2D eigenvalue weighted by Gasteiger charge is -2.24. The molecule has 3 nitrogen and oxygen atoms in total. The molecule has 0 amide bonds. The van der Waals surface area contributed by atoms with Crippen LogP contribution in [0.5, 0.6) is 0 Å². The second kappa shape index (κ2) is 4.69. The summed E-state index contributed by atoms with van der Waals surface area (Å²) in [6.45, 7) is 3.99. The van der Waals surface area contributed by atoms with Gasteiger partial charge in [-0.3, -0.25) is 4.31 Å². The van der Waals surface area contributed by atoms with E-state index in [1.165, 1.54) is 0 Å². The van der Waals surface area contributed by atoms with Crippen LogP contribution in [0, 0.1) is 0 Å². The van der Waals surface area contributed by atoms with Crippen molar-refractivity contribution in [1.82, 2.24) is 0 Å². The molecular weight excluding hydrogens is 234 g/mol. The van der Waals surface area contributed by atoms with Crippen LogP contribution in [0.25, 0.3) is 0 Å². The van der Waals surface area contributed by atoms with Gasteiger partial charge in [0.15, 0.2) is 0 Å². The molecule has 1 heterocycles. The molecule has 94 valence electrons. The minimum Gasteiger partial charge on any atom is -0.267 e. The summed E-state index contributed by atoms with van der Waals surface area (Å²) >= 11 is 0. The number of benzene rings is 1. The molecule has 1 aromatic carbocycles. The fourth-order valence-electron chi connectivity index (χ4n) is 2.39. The van der Waals surface area contributed by atoms with Crippen LogP contribution in [-0.2, 0) is 16.4 Å². The van der Waals surface area contributed by atoms with Gasteiger partial charge in [0.05, 0.1) is 11.4 Å². The van der Waals surface area contributed by atoms with Crippen molar-refractivity contribution in [3.05, 3.63) is 29.8 Å². The van der Waals surface area contributed by atoms with E-state index in [0.717, 1.165) is 30.5 Å². The number of sulfonamides is 1. The summed E-state index contributed by atoms with van der Waals surface area (Å²) in [6.07, 6.45) is 2.46. The van der Waals surface area contributed by atoms with Gasteiger partial charge in [-0.25, -0.2) is 8.42 Å². The van der Waals surface area contributed by atoms with E-state index >= 15 is 0 Å². The van der Waals surface area contributed by atoms with Gasteiger partial charge < -0.3 is 0 Å². The average molecular weight is 253 g/mol. The van der Waals surface area contributed by atoms with Crippen LogP contribution >= 0.6 is 0 Å². The first kappa shape index (κ1) is 12.4. The van der Waals surface area contributed by atoms with Crippen molar-refractivity contribution in [1.29, 1.82) is 0 Å². The molecular formula is C13H19NO2S. The molecule has 0 fully saturated rings. The highest BCUT2D eigenvalue weighted by Gasteiger charge is 2.33. The summed E-state index contributed by atoms with van der Waals surface area (Å²) in [5.74, 6) is 0.252. The molecule has 17 heavy (non-hydrogen) atoms. The van der Waals surface area contributed by atoms with Crippen molar-refractivity contribution in [2.24, 2.45) is 0 Å². The molecule has 1 atom stereocenters. The molecule has 4 heteroatoms. The van der Waals surface area contributed by atoms with E-state index in [1.807, 2.05) is 38.1 Å². The third kappa shape index (κ3) is 2.32. The van der Waals surface area contributed by atoms with Crippen LogP contribution in [0.15, 0.2) is 24.3 Å². The number of nitrogens with zero attached hydrogens (tertiary/aromatic N) is 1. The van der Waals surface area contributed by atoms with E-state index in [1.54, 1.807) is 4.31 Å². The summed E-state index contributed by atoms with van der Waals surface area (Å²) < 4.78 is 26.2. The lowest BCUT2D eigenvalue weighted by atomic mass is 10.1. The van der Waals surface area contributed by atoms with Crippen LogP contribution in [0.3, 0.4) is 0 Å². The zero-order valence-corrected chi connectivity index (χ0v) is 11.2. The summed E-state index contributed by atoms with van der Waals surface area (Å²) in [4.78, 5) is 0. The van der Waals surface area contributed by atoms with E-state index in [2.05, 4.69) is 0 Å². The third-order valence-electron chi connectivity index (χ3n) is 3.20. The maximum absolute atomic E-state index is 12.3. The number of hydrogen-bond acceptors (Lipinski definition) is 2.